The first-order chi connectivity index (χ1) is 14.7. The fourth-order valence-corrected chi connectivity index (χ4v) is 3.98. The molecule has 7 nitrogen and oxygen atoms in total. The van der Waals surface area contributed by atoms with Gasteiger partial charge in [0.25, 0.3) is 0 Å². The lowest BCUT2D eigenvalue weighted by atomic mass is 9.87. The molecule has 2 heterocycles. The Bertz CT molecular complexity index is 915. The lowest BCUT2D eigenvalue weighted by molar-refractivity contribution is -0.141. The van der Waals surface area contributed by atoms with E-state index in [1.807, 2.05) is 0 Å². The molecule has 1 fully saturated rings. The topological polar surface area (TPSA) is 108 Å². The van der Waals surface area contributed by atoms with Crippen LogP contribution in [0.1, 0.15) is 38.3 Å². The highest BCUT2D eigenvalue weighted by Gasteiger charge is 2.35. The van der Waals surface area contributed by atoms with E-state index in [-0.39, 0.29) is 40.7 Å². The number of anilines is 3. The number of methoxy groups -OCH3 is 1. The minimum atomic E-state index is -4.63. The number of hydrogen-bond acceptors (Lipinski definition) is 7. The number of pyridine rings is 2. The Kier molecular flexibility index (Phi) is 6.78. The summed E-state index contributed by atoms with van der Waals surface area (Å²) in [6.07, 6.45) is -0.322. The van der Waals surface area contributed by atoms with Crippen LogP contribution in [0, 0.1) is 5.41 Å². The second kappa shape index (κ2) is 9.17. The molecule has 31 heavy (non-hydrogen) atoms. The highest BCUT2D eigenvalue weighted by molar-refractivity contribution is 5.81. The Morgan fingerprint density at radius 3 is 2.45 bits per heavy atom. The molecule has 0 amide bonds. The third-order valence-corrected chi connectivity index (χ3v) is 5.54. The van der Waals surface area contributed by atoms with Crippen LogP contribution in [0.5, 0.6) is 5.88 Å². The second-order valence-electron chi connectivity index (χ2n) is 7.86. The van der Waals surface area contributed by atoms with Crippen molar-refractivity contribution in [2.24, 2.45) is 5.41 Å². The van der Waals surface area contributed by atoms with Crippen molar-refractivity contribution in [3.63, 3.8) is 0 Å². The molecule has 2 aromatic heterocycles. The maximum absolute atomic E-state index is 13.3. The predicted molar refractivity (Wildman–Crippen MR) is 114 cm³/mol. The van der Waals surface area contributed by atoms with Gasteiger partial charge in [-0.2, -0.15) is 13.2 Å². The minimum Gasteiger partial charge on any atom is -0.478 e. The maximum Gasteiger partial charge on any atom is 0.433 e. The average Bonchev–Trinajstić information content (AvgIpc) is 3.17. The van der Waals surface area contributed by atoms with Gasteiger partial charge in [-0.1, -0.05) is 12.8 Å². The van der Waals surface area contributed by atoms with E-state index in [4.69, 9.17) is 20.9 Å². The Balaban J connectivity index is 1.96. The van der Waals surface area contributed by atoms with Crippen LogP contribution >= 0.6 is 0 Å². The summed E-state index contributed by atoms with van der Waals surface area (Å²) in [7, 11) is 1.68. The Morgan fingerprint density at radius 1 is 1.13 bits per heavy atom. The van der Waals surface area contributed by atoms with Gasteiger partial charge in [-0.15, -0.1) is 0 Å². The van der Waals surface area contributed by atoms with Crippen molar-refractivity contribution in [1.29, 1.82) is 0 Å². The van der Waals surface area contributed by atoms with E-state index in [2.05, 4.69) is 15.3 Å². The molecule has 1 aliphatic rings. The van der Waals surface area contributed by atoms with E-state index in [0.29, 0.717) is 18.8 Å². The molecule has 3 rings (SSSR count). The van der Waals surface area contributed by atoms with E-state index in [1.165, 1.54) is 6.07 Å². The molecule has 10 heteroatoms. The first-order valence-electron chi connectivity index (χ1n) is 10.2. The smallest absolute Gasteiger partial charge is 0.433 e. The van der Waals surface area contributed by atoms with Crippen LogP contribution in [-0.2, 0) is 10.9 Å². The zero-order chi connectivity index (χ0) is 22.6. The van der Waals surface area contributed by atoms with Gasteiger partial charge in [-0.3, -0.25) is 0 Å². The van der Waals surface area contributed by atoms with Crippen LogP contribution in [0.15, 0.2) is 18.2 Å². The van der Waals surface area contributed by atoms with E-state index in [1.54, 1.807) is 20.1 Å². The number of nitrogens with two attached hydrogens (primary N) is 2. The molecule has 0 atom stereocenters. The van der Waals surface area contributed by atoms with Crippen molar-refractivity contribution >= 4 is 17.2 Å². The molecule has 1 saturated carbocycles. The van der Waals surface area contributed by atoms with Crippen LogP contribution in [-0.4, -0.2) is 36.8 Å². The van der Waals surface area contributed by atoms with Crippen LogP contribution in [0.4, 0.5) is 30.4 Å². The van der Waals surface area contributed by atoms with Gasteiger partial charge in [-0.25, -0.2) is 9.97 Å². The lowest BCUT2D eigenvalue weighted by Gasteiger charge is -2.29. The molecule has 0 bridgehead atoms. The van der Waals surface area contributed by atoms with Gasteiger partial charge in [0.15, 0.2) is 0 Å². The molecule has 1 aliphatic carbocycles. The molecule has 0 saturated heterocycles. The second-order valence-corrected chi connectivity index (χ2v) is 7.86. The minimum absolute atomic E-state index is 0.0123. The predicted octanol–water partition coefficient (Wildman–Crippen LogP) is 4.34. The molecule has 0 aliphatic heterocycles. The summed E-state index contributed by atoms with van der Waals surface area (Å²) < 4.78 is 50.6. The van der Waals surface area contributed by atoms with E-state index in [0.717, 1.165) is 31.7 Å². The van der Waals surface area contributed by atoms with E-state index >= 15 is 0 Å². The van der Waals surface area contributed by atoms with Crippen LogP contribution in [0.25, 0.3) is 11.3 Å². The summed E-state index contributed by atoms with van der Waals surface area (Å²) in [6.45, 7) is 3.08. The van der Waals surface area contributed by atoms with Crippen molar-refractivity contribution in [3.05, 3.63) is 23.9 Å². The number of hydrogen-bond donors (Lipinski definition) is 3. The summed E-state index contributed by atoms with van der Waals surface area (Å²) in [5.41, 5.74) is 12.2. The fraction of sp³-hybridized carbons (Fsp3) is 0.524. The highest BCUT2D eigenvalue weighted by Crippen LogP contribution is 2.40. The Labute approximate surface area is 179 Å². The van der Waals surface area contributed by atoms with Gasteiger partial charge in [0, 0.05) is 30.7 Å². The zero-order valence-electron chi connectivity index (χ0n) is 17.7. The molecule has 0 unspecified atom stereocenters. The molecular weight excluding hydrogens is 411 g/mol. The number of alkyl halides is 3. The molecule has 0 aromatic carbocycles. The first kappa shape index (κ1) is 22.9. The van der Waals surface area contributed by atoms with Crippen molar-refractivity contribution in [2.45, 2.75) is 38.8 Å². The number of halogens is 3. The Morgan fingerprint density at radius 2 is 1.84 bits per heavy atom. The van der Waals surface area contributed by atoms with Gasteiger partial charge in [0.1, 0.15) is 11.5 Å². The third kappa shape index (κ3) is 5.30. The largest absolute Gasteiger partial charge is 0.478 e. The summed E-state index contributed by atoms with van der Waals surface area (Å²) >= 11 is 0. The number of nitrogen functional groups attached to an aromatic ring is 2. The van der Waals surface area contributed by atoms with Gasteiger partial charge in [-0.05, 0) is 31.9 Å². The number of aromatic nitrogens is 2. The molecule has 170 valence electrons. The van der Waals surface area contributed by atoms with E-state index < -0.39 is 11.9 Å². The van der Waals surface area contributed by atoms with Crippen molar-refractivity contribution in [1.82, 2.24) is 9.97 Å². The number of nitrogens with one attached hydrogen (secondary N) is 1. The maximum atomic E-state index is 13.3. The SMILES string of the molecule is CCOc1cc(-c2cc(NCC3(COC)CCCC3)c(N)c(N)n2)cc(C(F)(F)F)n1. The zero-order valence-corrected chi connectivity index (χ0v) is 17.7. The van der Waals surface area contributed by atoms with Crippen molar-refractivity contribution in [3.8, 4) is 17.1 Å². The van der Waals surface area contributed by atoms with Crippen LogP contribution in [0.2, 0.25) is 0 Å². The highest BCUT2D eigenvalue weighted by atomic mass is 19.4. The van der Waals surface area contributed by atoms with E-state index in [9.17, 15) is 13.2 Å². The molecule has 5 N–H and O–H groups in total. The van der Waals surface area contributed by atoms with Crippen LogP contribution in [0.3, 0.4) is 0 Å². The van der Waals surface area contributed by atoms with Crippen molar-refractivity contribution < 1.29 is 22.6 Å². The monoisotopic (exact) mass is 439 g/mol. The number of rotatable bonds is 8. The molecule has 0 radical (unpaired) electrons. The molecule has 0 spiro atoms. The van der Waals surface area contributed by atoms with Crippen molar-refractivity contribution in [2.75, 3.05) is 43.7 Å². The normalized spacial score (nSPS) is 15.8. The third-order valence-electron chi connectivity index (χ3n) is 5.54. The molecule has 2 aromatic rings. The lowest BCUT2D eigenvalue weighted by Crippen LogP contribution is -2.31. The average molecular weight is 439 g/mol. The quantitative estimate of drug-likeness (QED) is 0.561. The Hall–Kier alpha value is -2.75. The fourth-order valence-electron chi connectivity index (χ4n) is 3.98. The summed E-state index contributed by atoms with van der Waals surface area (Å²) in [6, 6.07) is 3.93. The standard InChI is InChI=1S/C21H28F3N5O2/c1-3-31-17-9-13(8-16(29-17)21(22,23)24)14-10-15(18(25)19(26)28-14)27-11-20(12-30-2)6-4-5-7-20/h8-10H,3-7,11-12,25H2,1-2H3,(H3,26,27,28). The molecular formula is C21H28F3N5O2. The number of nitrogens with zero attached hydrogens (tertiary/aromatic N) is 2. The van der Waals surface area contributed by atoms with Gasteiger partial charge < -0.3 is 26.3 Å². The summed E-state index contributed by atoms with van der Waals surface area (Å²) in [5.74, 6) is -0.0976. The number of ether oxygens (including phenoxy) is 2. The first-order valence-corrected chi connectivity index (χ1v) is 10.2. The van der Waals surface area contributed by atoms with Gasteiger partial charge in [0.2, 0.25) is 5.88 Å². The summed E-state index contributed by atoms with van der Waals surface area (Å²) in [4.78, 5) is 7.74. The van der Waals surface area contributed by atoms with Gasteiger partial charge in [0.05, 0.1) is 30.3 Å². The summed E-state index contributed by atoms with van der Waals surface area (Å²) in [5, 5.41) is 3.32. The van der Waals surface area contributed by atoms with Gasteiger partial charge >= 0.3 is 6.18 Å². The van der Waals surface area contributed by atoms with Crippen LogP contribution < -0.4 is 21.5 Å².